The molecule has 1 fully saturated rings. The fourth-order valence-electron chi connectivity index (χ4n) is 3.17. The molecule has 3 N–H and O–H groups in total. The maximum atomic E-state index is 12.9. The fraction of sp³-hybridized carbons (Fsp3) is 0.316. The Morgan fingerprint density at radius 3 is 2.48 bits per heavy atom. The zero-order valence-corrected chi connectivity index (χ0v) is 14.7. The van der Waals surface area contributed by atoms with Gasteiger partial charge in [0.25, 0.3) is 0 Å². The number of halogens is 2. The predicted octanol–water partition coefficient (Wildman–Crippen LogP) is 3.00. The molecule has 1 aliphatic heterocycles. The fourth-order valence-corrected chi connectivity index (χ4v) is 3.17. The molecule has 0 aromatic heterocycles. The molecule has 0 spiro atoms. The quantitative estimate of drug-likeness (QED) is 0.858. The molecule has 2 atom stereocenters. The first-order valence-corrected chi connectivity index (χ1v) is 8.20. The number of hydrogen-bond donors (Lipinski definition) is 2. The highest BCUT2D eigenvalue weighted by Crippen LogP contribution is 2.26. The van der Waals surface area contributed by atoms with E-state index in [1.54, 1.807) is 12.1 Å². The molecule has 3 rings (SSSR count). The van der Waals surface area contributed by atoms with Crippen molar-refractivity contribution in [2.24, 2.45) is 5.73 Å². The van der Waals surface area contributed by atoms with Crippen molar-refractivity contribution >= 4 is 24.0 Å². The molecule has 1 saturated heterocycles. The molecule has 1 aliphatic rings. The van der Waals surface area contributed by atoms with Crippen LogP contribution in [0.1, 0.15) is 17.9 Å². The van der Waals surface area contributed by atoms with Crippen LogP contribution in [-0.2, 0) is 4.79 Å². The van der Waals surface area contributed by atoms with E-state index >= 15 is 0 Å². The summed E-state index contributed by atoms with van der Waals surface area (Å²) in [5.74, 6) is -0.0734. The lowest BCUT2D eigenvalue weighted by Gasteiger charge is -2.16. The van der Waals surface area contributed by atoms with Gasteiger partial charge in [0.2, 0.25) is 5.91 Å². The van der Waals surface area contributed by atoms with Crippen molar-refractivity contribution in [1.29, 1.82) is 0 Å². The van der Waals surface area contributed by atoms with E-state index in [1.165, 1.54) is 17.7 Å². The SMILES string of the molecule is Cl.N[C@@H]1CN(CCC(=O)Nc2ccc(F)cc2)C[C@H]1c1ccccc1. The number of nitrogens with one attached hydrogen (secondary N) is 1. The van der Waals surface area contributed by atoms with Crippen LogP contribution in [0.3, 0.4) is 0 Å². The molecule has 0 saturated carbocycles. The normalized spacial score (nSPS) is 20.1. The van der Waals surface area contributed by atoms with E-state index in [0.29, 0.717) is 24.6 Å². The van der Waals surface area contributed by atoms with E-state index in [4.69, 9.17) is 5.73 Å². The number of anilines is 1. The molecule has 0 aliphatic carbocycles. The van der Waals surface area contributed by atoms with Crippen LogP contribution < -0.4 is 11.1 Å². The molecule has 1 heterocycles. The van der Waals surface area contributed by atoms with E-state index < -0.39 is 0 Å². The second-order valence-electron chi connectivity index (χ2n) is 6.25. The zero-order chi connectivity index (χ0) is 16.9. The third-order valence-corrected chi connectivity index (χ3v) is 4.45. The summed E-state index contributed by atoms with van der Waals surface area (Å²) < 4.78 is 12.9. The molecule has 1 amide bonds. The first-order valence-electron chi connectivity index (χ1n) is 8.20. The molecule has 134 valence electrons. The van der Waals surface area contributed by atoms with Gasteiger partial charge in [0.1, 0.15) is 5.82 Å². The number of carbonyl (C=O) groups is 1. The van der Waals surface area contributed by atoms with Crippen molar-refractivity contribution < 1.29 is 9.18 Å². The minimum absolute atomic E-state index is 0. The predicted molar refractivity (Wildman–Crippen MR) is 100 cm³/mol. The molecule has 25 heavy (non-hydrogen) atoms. The summed E-state index contributed by atoms with van der Waals surface area (Å²) in [6, 6.07) is 16.1. The van der Waals surface area contributed by atoms with Gasteiger partial charge in [-0.3, -0.25) is 4.79 Å². The summed E-state index contributed by atoms with van der Waals surface area (Å²) in [5.41, 5.74) is 8.13. The third kappa shape index (κ3) is 5.26. The molecular formula is C19H23ClFN3O. The molecule has 2 aromatic carbocycles. The number of hydrogen-bond acceptors (Lipinski definition) is 3. The van der Waals surface area contributed by atoms with Crippen LogP contribution >= 0.6 is 12.4 Å². The van der Waals surface area contributed by atoms with Crippen molar-refractivity contribution in [3.8, 4) is 0 Å². The van der Waals surface area contributed by atoms with Crippen molar-refractivity contribution in [3.63, 3.8) is 0 Å². The average molecular weight is 364 g/mol. The monoisotopic (exact) mass is 363 g/mol. The van der Waals surface area contributed by atoms with Gasteiger partial charge in [-0.25, -0.2) is 4.39 Å². The maximum Gasteiger partial charge on any atom is 0.225 e. The van der Waals surface area contributed by atoms with Gasteiger partial charge in [0, 0.05) is 43.7 Å². The van der Waals surface area contributed by atoms with Gasteiger partial charge >= 0.3 is 0 Å². The number of benzene rings is 2. The molecule has 4 nitrogen and oxygen atoms in total. The van der Waals surface area contributed by atoms with Crippen LogP contribution in [0.15, 0.2) is 54.6 Å². The lowest BCUT2D eigenvalue weighted by Crippen LogP contribution is -2.30. The highest BCUT2D eigenvalue weighted by atomic mass is 35.5. The number of nitrogens with zero attached hydrogens (tertiary/aromatic N) is 1. The third-order valence-electron chi connectivity index (χ3n) is 4.45. The summed E-state index contributed by atoms with van der Waals surface area (Å²) >= 11 is 0. The van der Waals surface area contributed by atoms with Crippen LogP contribution in [0, 0.1) is 5.82 Å². The minimum atomic E-state index is -0.314. The van der Waals surface area contributed by atoms with E-state index in [2.05, 4.69) is 22.3 Å². The average Bonchev–Trinajstić information content (AvgIpc) is 2.97. The van der Waals surface area contributed by atoms with Gasteiger partial charge in [0.15, 0.2) is 0 Å². The van der Waals surface area contributed by atoms with Gasteiger partial charge in [-0.15, -0.1) is 12.4 Å². The number of rotatable bonds is 5. The lowest BCUT2D eigenvalue weighted by molar-refractivity contribution is -0.116. The standard InChI is InChI=1S/C19H22FN3O.ClH/c20-15-6-8-16(9-7-15)22-19(24)10-11-23-12-17(18(21)13-23)14-4-2-1-3-5-14;/h1-9,17-18H,10-13,21H2,(H,22,24);1H/t17-,18+;/m0./s1. The van der Waals surface area contributed by atoms with Crippen molar-refractivity contribution in [1.82, 2.24) is 4.90 Å². The Balaban J connectivity index is 0.00000225. The Bertz CT molecular complexity index is 681. The van der Waals surface area contributed by atoms with E-state index in [9.17, 15) is 9.18 Å². The molecular weight excluding hydrogens is 341 g/mol. The number of likely N-dealkylation sites (tertiary alicyclic amines) is 1. The van der Waals surface area contributed by atoms with Crippen LogP contribution in [0.4, 0.5) is 10.1 Å². The molecule has 0 bridgehead atoms. The van der Waals surface area contributed by atoms with Gasteiger partial charge < -0.3 is 16.0 Å². The van der Waals surface area contributed by atoms with Gasteiger partial charge in [0.05, 0.1) is 0 Å². The topological polar surface area (TPSA) is 58.4 Å². The first kappa shape index (κ1) is 19.4. The summed E-state index contributed by atoms with van der Waals surface area (Å²) in [6.07, 6.45) is 0.394. The van der Waals surface area contributed by atoms with Crippen LogP contribution in [0.25, 0.3) is 0 Å². The van der Waals surface area contributed by atoms with Crippen molar-refractivity contribution in [2.75, 3.05) is 25.0 Å². The number of amides is 1. The highest BCUT2D eigenvalue weighted by molar-refractivity contribution is 5.90. The maximum absolute atomic E-state index is 12.9. The second-order valence-corrected chi connectivity index (χ2v) is 6.25. The highest BCUT2D eigenvalue weighted by Gasteiger charge is 2.30. The summed E-state index contributed by atoms with van der Waals surface area (Å²) in [4.78, 5) is 14.3. The smallest absolute Gasteiger partial charge is 0.225 e. The Morgan fingerprint density at radius 1 is 1.12 bits per heavy atom. The van der Waals surface area contributed by atoms with Gasteiger partial charge in [-0.2, -0.15) is 0 Å². The molecule has 2 aromatic rings. The van der Waals surface area contributed by atoms with E-state index in [-0.39, 0.29) is 30.2 Å². The van der Waals surface area contributed by atoms with E-state index in [1.807, 2.05) is 18.2 Å². The number of carbonyl (C=O) groups excluding carboxylic acids is 1. The van der Waals surface area contributed by atoms with Gasteiger partial charge in [-0.05, 0) is 29.8 Å². The Kier molecular flexibility index (Phi) is 6.93. The first-order chi connectivity index (χ1) is 11.6. The molecule has 0 radical (unpaired) electrons. The lowest BCUT2D eigenvalue weighted by atomic mass is 9.95. The minimum Gasteiger partial charge on any atom is -0.326 e. The Morgan fingerprint density at radius 2 is 1.80 bits per heavy atom. The van der Waals surface area contributed by atoms with Gasteiger partial charge in [-0.1, -0.05) is 30.3 Å². The van der Waals surface area contributed by atoms with Crippen LogP contribution in [0.5, 0.6) is 0 Å². The van der Waals surface area contributed by atoms with Crippen LogP contribution in [0.2, 0.25) is 0 Å². The largest absolute Gasteiger partial charge is 0.326 e. The summed E-state index contributed by atoms with van der Waals surface area (Å²) in [7, 11) is 0. The zero-order valence-electron chi connectivity index (χ0n) is 13.9. The second kappa shape index (κ2) is 8.94. The summed E-state index contributed by atoms with van der Waals surface area (Å²) in [6.45, 7) is 2.34. The van der Waals surface area contributed by atoms with Crippen LogP contribution in [-0.4, -0.2) is 36.5 Å². The Labute approximate surface area is 153 Å². The van der Waals surface area contributed by atoms with Crippen molar-refractivity contribution in [3.05, 3.63) is 66.0 Å². The van der Waals surface area contributed by atoms with Crippen molar-refractivity contribution in [2.45, 2.75) is 18.4 Å². The molecule has 6 heteroatoms. The summed E-state index contributed by atoms with van der Waals surface area (Å²) in [5, 5.41) is 2.78. The Hall–Kier alpha value is -1.95. The molecule has 0 unspecified atom stereocenters. The number of nitrogens with two attached hydrogens (primary N) is 1. The van der Waals surface area contributed by atoms with E-state index in [0.717, 1.165) is 13.1 Å².